The van der Waals surface area contributed by atoms with Gasteiger partial charge in [-0.1, -0.05) is 0 Å². The summed E-state index contributed by atoms with van der Waals surface area (Å²) < 4.78 is 24.3. The summed E-state index contributed by atoms with van der Waals surface area (Å²) in [5.41, 5.74) is 0. The molecule has 1 rings (SSSR count). The van der Waals surface area contributed by atoms with Gasteiger partial charge in [0.15, 0.2) is 0 Å². The first-order valence-corrected chi connectivity index (χ1v) is 6.44. The van der Waals surface area contributed by atoms with E-state index in [1.54, 1.807) is 0 Å². The third-order valence-electron chi connectivity index (χ3n) is 3.40. The van der Waals surface area contributed by atoms with Crippen molar-refractivity contribution in [2.45, 2.75) is 57.7 Å². The molecule has 0 amide bonds. The number of likely N-dealkylation sites (tertiary alicyclic amines) is 1. The molecule has 0 aromatic heterocycles. The second-order valence-electron chi connectivity index (χ2n) is 5.07. The molecule has 0 saturated carbocycles. The van der Waals surface area contributed by atoms with E-state index in [4.69, 9.17) is 5.11 Å². The molecule has 1 fully saturated rings. The number of aliphatic hydroxyl groups excluding tert-OH is 1. The SMILES string of the molecule is CC(C)N1CCCC(NCC(O)C(F)F)CC1. The van der Waals surface area contributed by atoms with Crippen molar-refractivity contribution in [2.24, 2.45) is 0 Å². The van der Waals surface area contributed by atoms with Crippen molar-refractivity contribution < 1.29 is 13.9 Å². The van der Waals surface area contributed by atoms with Crippen LogP contribution in [-0.2, 0) is 0 Å². The maximum absolute atomic E-state index is 12.1. The Morgan fingerprint density at radius 1 is 1.29 bits per heavy atom. The number of nitrogens with one attached hydrogen (secondary N) is 1. The fraction of sp³-hybridized carbons (Fsp3) is 1.00. The largest absolute Gasteiger partial charge is 0.386 e. The van der Waals surface area contributed by atoms with Crippen LogP contribution in [0.5, 0.6) is 0 Å². The van der Waals surface area contributed by atoms with Crippen molar-refractivity contribution in [3.05, 3.63) is 0 Å². The highest BCUT2D eigenvalue weighted by molar-refractivity contribution is 4.77. The minimum absolute atomic E-state index is 0.00991. The van der Waals surface area contributed by atoms with Crippen LogP contribution in [0.25, 0.3) is 0 Å². The Hall–Kier alpha value is -0.260. The smallest absolute Gasteiger partial charge is 0.265 e. The van der Waals surface area contributed by atoms with Crippen LogP contribution in [0.4, 0.5) is 8.78 Å². The fourth-order valence-electron chi connectivity index (χ4n) is 2.22. The second kappa shape index (κ2) is 7.24. The molecule has 2 unspecified atom stereocenters. The highest BCUT2D eigenvalue weighted by Gasteiger charge is 2.21. The first kappa shape index (κ1) is 14.8. The summed E-state index contributed by atoms with van der Waals surface area (Å²) >= 11 is 0. The predicted octanol–water partition coefficient (Wildman–Crippen LogP) is 1.46. The number of hydrogen-bond donors (Lipinski definition) is 2. The van der Waals surface area contributed by atoms with Crippen LogP contribution >= 0.6 is 0 Å². The van der Waals surface area contributed by atoms with Crippen LogP contribution in [0.2, 0.25) is 0 Å². The van der Waals surface area contributed by atoms with Crippen molar-refractivity contribution in [3.8, 4) is 0 Å². The number of alkyl halides is 2. The Morgan fingerprint density at radius 3 is 2.59 bits per heavy atom. The number of aliphatic hydroxyl groups is 1. The first-order chi connectivity index (χ1) is 8.00. The van der Waals surface area contributed by atoms with Gasteiger partial charge in [0.2, 0.25) is 0 Å². The van der Waals surface area contributed by atoms with Crippen LogP contribution in [0.1, 0.15) is 33.1 Å². The molecule has 2 atom stereocenters. The molecule has 0 aromatic carbocycles. The molecule has 0 bridgehead atoms. The van der Waals surface area contributed by atoms with Gasteiger partial charge in [0.1, 0.15) is 6.10 Å². The summed E-state index contributed by atoms with van der Waals surface area (Å²) in [6, 6.07) is 0.799. The highest BCUT2D eigenvalue weighted by Crippen LogP contribution is 2.13. The molecule has 0 radical (unpaired) electrons. The molecule has 0 aliphatic carbocycles. The van der Waals surface area contributed by atoms with Crippen molar-refractivity contribution in [3.63, 3.8) is 0 Å². The summed E-state index contributed by atoms with van der Waals surface area (Å²) in [7, 11) is 0. The molecule has 5 heteroatoms. The van der Waals surface area contributed by atoms with Crippen LogP contribution in [0, 0.1) is 0 Å². The summed E-state index contributed by atoms with van der Waals surface area (Å²) in [6.07, 6.45) is -1.15. The summed E-state index contributed by atoms with van der Waals surface area (Å²) in [5, 5.41) is 12.1. The first-order valence-electron chi connectivity index (χ1n) is 6.44. The average molecular weight is 250 g/mol. The Labute approximate surface area is 102 Å². The highest BCUT2D eigenvalue weighted by atomic mass is 19.3. The number of rotatable bonds is 5. The Morgan fingerprint density at radius 2 is 2.00 bits per heavy atom. The van der Waals surface area contributed by atoms with Crippen LogP contribution in [0.3, 0.4) is 0 Å². The number of hydrogen-bond acceptors (Lipinski definition) is 3. The van der Waals surface area contributed by atoms with Crippen LogP contribution in [0.15, 0.2) is 0 Å². The van der Waals surface area contributed by atoms with Gasteiger partial charge < -0.3 is 15.3 Å². The van der Waals surface area contributed by atoms with E-state index >= 15 is 0 Å². The third kappa shape index (κ3) is 5.27. The summed E-state index contributed by atoms with van der Waals surface area (Å²) in [4.78, 5) is 2.41. The van der Waals surface area contributed by atoms with Gasteiger partial charge >= 0.3 is 0 Å². The minimum Gasteiger partial charge on any atom is -0.386 e. The van der Waals surface area contributed by atoms with Gasteiger partial charge in [-0.15, -0.1) is 0 Å². The predicted molar refractivity (Wildman–Crippen MR) is 64.4 cm³/mol. The van der Waals surface area contributed by atoms with Crippen molar-refractivity contribution in [1.82, 2.24) is 10.2 Å². The molecule has 1 aliphatic rings. The number of nitrogens with zero attached hydrogens (tertiary/aromatic N) is 1. The second-order valence-corrected chi connectivity index (χ2v) is 5.07. The summed E-state index contributed by atoms with van der Waals surface area (Å²) in [6.45, 7) is 6.42. The van der Waals surface area contributed by atoms with Gasteiger partial charge in [-0.3, -0.25) is 0 Å². The van der Waals surface area contributed by atoms with E-state index in [1.807, 2.05) is 0 Å². The minimum atomic E-state index is -2.65. The zero-order valence-electron chi connectivity index (χ0n) is 10.7. The monoisotopic (exact) mass is 250 g/mol. The van der Waals surface area contributed by atoms with Crippen LogP contribution < -0.4 is 5.32 Å². The van der Waals surface area contributed by atoms with Crippen molar-refractivity contribution in [1.29, 1.82) is 0 Å². The normalized spacial score (nSPS) is 25.2. The van der Waals surface area contributed by atoms with E-state index in [0.717, 1.165) is 32.4 Å². The Balaban J connectivity index is 2.27. The van der Waals surface area contributed by atoms with Gasteiger partial charge in [0, 0.05) is 18.6 Å². The molecule has 1 aliphatic heterocycles. The Kier molecular flexibility index (Phi) is 6.30. The standard InChI is InChI=1S/C12H24F2N2O/c1-9(2)16-6-3-4-10(5-7-16)15-8-11(17)12(13)14/h9-12,15,17H,3-8H2,1-2H3. The van der Waals surface area contributed by atoms with Gasteiger partial charge in [-0.2, -0.15) is 0 Å². The molecular weight excluding hydrogens is 226 g/mol. The van der Waals surface area contributed by atoms with E-state index in [2.05, 4.69) is 24.1 Å². The van der Waals surface area contributed by atoms with Crippen LogP contribution in [-0.4, -0.2) is 54.3 Å². The number of halogens is 2. The van der Waals surface area contributed by atoms with Crippen molar-refractivity contribution in [2.75, 3.05) is 19.6 Å². The molecule has 1 saturated heterocycles. The maximum atomic E-state index is 12.1. The average Bonchev–Trinajstić information content (AvgIpc) is 2.50. The molecule has 102 valence electrons. The molecule has 2 N–H and O–H groups in total. The van der Waals surface area contributed by atoms with E-state index < -0.39 is 12.5 Å². The maximum Gasteiger partial charge on any atom is 0.265 e. The van der Waals surface area contributed by atoms with Gasteiger partial charge in [0.05, 0.1) is 0 Å². The Bertz CT molecular complexity index is 215. The molecule has 1 heterocycles. The van der Waals surface area contributed by atoms with Crippen molar-refractivity contribution >= 4 is 0 Å². The molecule has 0 aromatic rings. The van der Waals surface area contributed by atoms with Gasteiger partial charge in [0.25, 0.3) is 6.43 Å². The lowest BCUT2D eigenvalue weighted by Gasteiger charge is -2.24. The summed E-state index contributed by atoms with van der Waals surface area (Å²) in [5.74, 6) is 0. The van der Waals surface area contributed by atoms with E-state index in [9.17, 15) is 8.78 Å². The fourth-order valence-corrected chi connectivity index (χ4v) is 2.22. The van der Waals surface area contributed by atoms with E-state index in [0.29, 0.717) is 6.04 Å². The molecular formula is C12H24F2N2O. The zero-order valence-corrected chi connectivity index (χ0v) is 10.7. The lowest BCUT2D eigenvalue weighted by molar-refractivity contribution is -0.00482. The topological polar surface area (TPSA) is 35.5 Å². The van der Waals surface area contributed by atoms with Gasteiger partial charge in [-0.05, 0) is 46.2 Å². The quantitative estimate of drug-likeness (QED) is 0.775. The third-order valence-corrected chi connectivity index (χ3v) is 3.40. The molecule has 3 nitrogen and oxygen atoms in total. The van der Waals surface area contributed by atoms with E-state index in [-0.39, 0.29) is 12.6 Å². The lowest BCUT2D eigenvalue weighted by Crippen LogP contribution is -2.39. The zero-order chi connectivity index (χ0) is 12.8. The molecule has 0 spiro atoms. The molecule has 17 heavy (non-hydrogen) atoms. The van der Waals surface area contributed by atoms with Gasteiger partial charge in [-0.25, -0.2) is 8.78 Å². The lowest BCUT2D eigenvalue weighted by atomic mass is 10.1. The van der Waals surface area contributed by atoms with E-state index in [1.165, 1.54) is 0 Å².